The number of methoxy groups -OCH3 is 1. The van der Waals surface area contributed by atoms with E-state index in [4.69, 9.17) is 4.74 Å². The molecule has 0 saturated heterocycles. The molecule has 2 aromatic carbocycles. The van der Waals surface area contributed by atoms with Crippen molar-refractivity contribution in [1.82, 2.24) is 0 Å². The van der Waals surface area contributed by atoms with Gasteiger partial charge in [-0.3, -0.25) is 4.79 Å². The fourth-order valence-corrected chi connectivity index (χ4v) is 2.68. The van der Waals surface area contributed by atoms with Crippen molar-refractivity contribution in [3.05, 3.63) is 57.0 Å². The van der Waals surface area contributed by atoms with Gasteiger partial charge < -0.3 is 14.8 Å². The molecule has 0 unspecified atom stereocenters. The van der Waals surface area contributed by atoms with Crippen LogP contribution in [0.5, 0.6) is 11.5 Å². The van der Waals surface area contributed by atoms with Crippen LogP contribution in [0.4, 0.5) is 14.5 Å². The molecule has 0 aliphatic heterocycles. The molecule has 1 N–H and O–H groups in total. The molecule has 0 saturated carbocycles. The summed E-state index contributed by atoms with van der Waals surface area (Å²) in [6.45, 7) is -3.00. The maximum absolute atomic E-state index is 12.6. The first-order chi connectivity index (χ1) is 11.9. The summed E-state index contributed by atoms with van der Waals surface area (Å²) in [5.41, 5.74) is 0.863. The number of para-hydroxylation sites is 1. The van der Waals surface area contributed by atoms with E-state index in [2.05, 4.69) is 41.9 Å². The van der Waals surface area contributed by atoms with Crippen molar-refractivity contribution in [3.8, 4) is 11.5 Å². The van der Waals surface area contributed by atoms with Gasteiger partial charge in [-0.05, 0) is 46.3 Å². The Morgan fingerprint density at radius 2 is 2.00 bits per heavy atom. The van der Waals surface area contributed by atoms with Crippen molar-refractivity contribution in [1.29, 1.82) is 0 Å². The zero-order valence-electron chi connectivity index (χ0n) is 12.9. The number of amides is 1. The first kappa shape index (κ1) is 19.4. The van der Waals surface area contributed by atoms with Crippen LogP contribution in [0.15, 0.2) is 51.4 Å². The summed E-state index contributed by atoms with van der Waals surface area (Å²) >= 11 is 6.65. The number of carbonyl (C=O) groups excluding carboxylic acids is 1. The maximum atomic E-state index is 12.6. The molecule has 4 nitrogen and oxygen atoms in total. The zero-order chi connectivity index (χ0) is 18.4. The van der Waals surface area contributed by atoms with Crippen molar-refractivity contribution in [2.45, 2.75) is 6.61 Å². The minimum absolute atomic E-state index is 0.132. The average molecular weight is 477 g/mol. The SMILES string of the molecule is COc1cccc(/C=C/C(=O)Nc2cc(Br)ccc2Br)c1OC(F)F. The molecule has 25 heavy (non-hydrogen) atoms. The largest absolute Gasteiger partial charge is 0.493 e. The summed E-state index contributed by atoms with van der Waals surface area (Å²) in [7, 11) is 1.35. The molecule has 1 amide bonds. The second-order valence-electron chi connectivity index (χ2n) is 4.70. The van der Waals surface area contributed by atoms with Gasteiger partial charge in [0.1, 0.15) is 0 Å². The number of benzene rings is 2. The van der Waals surface area contributed by atoms with Crippen molar-refractivity contribution in [2.75, 3.05) is 12.4 Å². The topological polar surface area (TPSA) is 47.6 Å². The minimum Gasteiger partial charge on any atom is -0.493 e. The van der Waals surface area contributed by atoms with E-state index in [9.17, 15) is 13.6 Å². The number of anilines is 1. The second-order valence-corrected chi connectivity index (χ2v) is 6.47. The van der Waals surface area contributed by atoms with Gasteiger partial charge >= 0.3 is 6.61 Å². The minimum atomic E-state index is -3.00. The molecule has 2 rings (SSSR count). The molecule has 0 aliphatic rings. The number of ether oxygens (including phenoxy) is 2. The Morgan fingerprint density at radius 3 is 2.68 bits per heavy atom. The number of alkyl halides is 2. The smallest absolute Gasteiger partial charge is 0.387 e. The van der Waals surface area contributed by atoms with Crippen LogP contribution < -0.4 is 14.8 Å². The Kier molecular flexibility index (Phi) is 6.95. The molecule has 132 valence electrons. The van der Waals surface area contributed by atoms with Gasteiger partial charge in [0.05, 0.1) is 12.8 Å². The molecule has 8 heteroatoms. The molecule has 0 spiro atoms. The molecule has 0 atom stereocenters. The first-order valence-corrected chi connectivity index (χ1v) is 8.55. The van der Waals surface area contributed by atoms with Crippen LogP contribution >= 0.6 is 31.9 Å². The molecular formula is C17H13Br2F2NO3. The highest BCUT2D eigenvalue weighted by atomic mass is 79.9. The zero-order valence-corrected chi connectivity index (χ0v) is 16.1. The first-order valence-electron chi connectivity index (χ1n) is 6.96. The molecule has 0 aromatic heterocycles. The van der Waals surface area contributed by atoms with E-state index in [-0.39, 0.29) is 11.5 Å². The highest BCUT2D eigenvalue weighted by molar-refractivity contribution is 9.11. The van der Waals surface area contributed by atoms with Crippen LogP contribution in [0.2, 0.25) is 0 Å². The van der Waals surface area contributed by atoms with Gasteiger partial charge in [-0.15, -0.1) is 0 Å². The van der Waals surface area contributed by atoms with E-state index in [1.807, 2.05) is 6.07 Å². The molecule has 0 radical (unpaired) electrons. The van der Waals surface area contributed by atoms with Crippen LogP contribution in [-0.2, 0) is 4.79 Å². The van der Waals surface area contributed by atoms with Gasteiger partial charge in [-0.2, -0.15) is 8.78 Å². The summed E-state index contributed by atoms with van der Waals surface area (Å²) in [4.78, 5) is 12.1. The number of hydrogen-bond acceptors (Lipinski definition) is 3. The molecule has 0 heterocycles. The van der Waals surface area contributed by atoms with Gasteiger partial charge in [0, 0.05) is 20.6 Å². The van der Waals surface area contributed by atoms with Gasteiger partial charge in [-0.1, -0.05) is 28.1 Å². The fraction of sp³-hybridized carbons (Fsp3) is 0.118. The van der Waals surface area contributed by atoms with Crippen molar-refractivity contribution >= 4 is 49.5 Å². The van der Waals surface area contributed by atoms with Crippen molar-refractivity contribution in [3.63, 3.8) is 0 Å². The Bertz CT molecular complexity index is 797. The van der Waals surface area contributed by atoms with E-state index in [0.717, 1.165) is 4.47 Å². The van der Waals surface area contributed by atoms with E-state index < -0.39 is 12.5 Å². The summed E-state index contributed by atoms with van der Waals surface area (Å²) < 4.78 is 36.2. The Labute approximate surface area is 160 Å². The summed E-state index contributed by atoms with van der Waals surface area (Å²) in [5, 5.41) is 2.69. The monoisotopic (exact) mass is 475 g/mol. The predicted octanol–water partition coefficient (Wildman–Crippen LogP) is 5.47. The van der Waals surface area contributed by atoms with Gasteiger partial charge in [0.2, 0.25) is 5.91 Å². The Hall–Kier alpha value is -1.93. The third kappa shape index (κ3) is 5.54. The van der Waals surface area contributed by atoms with Gasteiger partial charge in [0.25, 0.3) is 0 Å². The second kappa shape index (κ2) is 8.96. The average Bonchev–Trinajstić information content (AvgIpc) is 2.56. The highest BCUT2D eigenvalue weighted by Crippen LogP contribution is 2.33. The number of hydrogen-bond donors (Lipinski definition) is 1. The number of nitrogens with one attached hydrogen (secondary N) is 1. The van der Waals surface area contributed by atoms with Crippen molar-refractivity contribution < 1.29 is 23.0 Å². The van der Waals surface area contributed by atoms with Crippen LogP contribution in [0, 0.1) is 0 Å². The lowest BCUT2D eigenvalue weighted by Crippen LogP contribution is -2.08. The predicted molar refractivity (Wildman–Crippen MR) is 99.1 cm³/mol. The molecule has 0 aliphatic carbocycles. The maximum Gasteiger partial charge on any atom is 0.387 e. The normalized spacial score (nSPS) is 11.0. The van der Waals surface area contributed by atoms with E-state index >= 15 is 0 Å². The van der Waals surface area contributed by atoms with E-state index in [0.29, 0.717) is 15.7 Å². The summed E-state index contributed by atoms with van der Waals surface area (Å²) in [6, 6.07) is 9.97. The van der Waals surface area contributed by atoms with Crippen LogP contribution in [0.3, 0.4) is 0 Å². The molecule has 0 fully saturated rings. The fourth-order valence-electron chi connectivity index (χ4n) is 1.97. The van der Waals surface area contributed by atoms with Crippen LogP contribution in [-0.4, -0.2) is 19.6 Å². The van der Waals surface area contributed by atoms with Crippen LogP contribution in [0.25, 0.3) is 6.08 Å². The van der Waals surface area contributed by atoms with Crippen LogP contribution in [0.1, 0.15) is 5.56 Å². The van der Waals surface area contributed by atoms with Gasteiger partial charge in [-0.25, -0.2) is 0 Å². The van der Waals surface area contributed by atoms with Gasteiger partial charge in [0.15, 0.2) is 11.5 Å². The number of halogens is 4. The third-order valence-corrected chi connectivity index (χ3v) is 4.22. The summed E-state index contributed by atoms with van der Waals surface area (Å²) in [5.74, 6) is -0.408. The van der Waals surface area contributed by atoms with Crippen molar-refractivity contribution in [2.24, 2.45) is 0 Å². The number of rotatable bonds is 6. The Morgan fingerprint density at radius 1 is 1.24 bits per heavy atom. The van der Waals surface area contributed by atoms with E-state index in [1.54, 1.807) is 24.3 Å². The molecule has 2 aromatic rings. The van der Waals surface area contributed by atoms with E-state index in [1.165, 1.54) is 25.3 Å². The Balaban J connectivity index is 2.20. The molecule has 0 bridgehead atoms. The standard InChI is InChI=1S/C17H13Br2F2NO3/c1-24-14-4-2-3-10(16(14)25-17(20)21)5-8-15(23)22-13-9-11(18)6-7-12(13)19/h2-9,17H,1H3,(H,22,23)/b8-5+. The highest BCUT2D eigenvalue weighted by Gasteiger charge is 2.14. The quantitative estimate of drug-likeness (QED) is 0.562. The third-order valence-electron chi connectivity index (χ3n) is 3.04. The lowest BCUT2D eigenvalue weighted by molar-refractivity contribution is -0.111. The number of carbonyl (C=O) groups is 1. The summed E-state index contributed by atoms with van der Waals surface area (Å²) in [6.07, 6.45) is 2.60. The molecular weight excluding hydrogens is 464 g/mol. The lowest BCUT2D eigenvalue weighted by atomic mass is 10.1. The lowest BCUT2D eigenvalue weighted by Gasteiger charge is -2.12.